The van der Waals surface area contributed by atoms with Gasteiger partial charge in [-0.15, -0.1) is 0 Å². The minimum atomic E-state index is 0.376. The summed E-state index contributed by atoms with van der Waals surface area (Å²) in [5.41, 5.74) is 1.30. The molecular formula is C14H19BrO2. The van der Waals surface area contributed by atoms with Crippen LogP contribution in [-0.2, 0) is 4.74 Å². The fraction of sp³-hybridized carbons (Fsp3) is 0.571. The van der Waals surface area contributed by atoms with Crippen molar-refractivity contribution >= 4 is 15.9 Å². The van der Waals surface area contributed by atoms with E-state index in [-0.39, 0.29) is 0 Å². The van der Waals surface area contributed by atoms with Gasteiger partial charge < -0.3 is 9.47 Å². The summed E-state index contributed by atoms with van der Waals surface area (Å²) in [4.78, 5) is 0.376. The van der Waals surface area contributed by atoms with Crippen LogP contribution in [0.3, 0.4) is 0 Å². The van der Waals surface area contributed by atoms with Gasteiger partial charge in [-0.2, -0.15) is 0 Å². The Balaban J connectivity index is 1.91. The maximum Gasteiger partial charge on any atom is 0.119 e. The third-order valence-electron chi connectivity index (χ3n) is 3.05. The highest BCUT2D eigenvalue weighted by Crippen LogP contribution is 2.32. The molecule has 0 saturated carbocycles. The average molecular weight is 299 g/mol. The van der Waals surface area contributed by atoms with E-state index in [1.54, 1.807) is 0 Å². The van der Waals surface area contributed by atoms with Gasteiger partial charge in [0.2, 0.25) is 0 Å². The molecule has 3 heteroatoms. The lowest BCUT2D eigenvalue weighted by molar-refractivity contribution is 0.104. The molecule has 1 aliphatic heterocycles. The molecule has 0 aromatic heterocycles. The van der Waals surface area contributed by atoms with Crippen LogP contribution in [0.2, 0.25) is 0 Å². The van der Waals surface area contributed by atoms with Crippen LogP contribution in [0.25, 0.3) is 0 Å². The lowest BCUT2D eigenvalue weighted by atomic mass is 10.0. The van der Waals surface area contributed by atoms with Gasteiger partial charge >= 0.3 is 0 Å². The Kier molecular flexibility index (Phi) is 4.86. The molecule has 0 radical (unpaired) electrons. The predicted molar refractivity (Wildman–Crippen MR) is 72.9 cm³/mol. The van der Waals surface area contributed by atoms with Gasteiger partial charge in [0, 0.05) is 11.4 Å². The van der Waals surface area contributed by atoms with E-state index in [1.807, 2.05) is 19.1 Å². The molecule has 17 heavy (non-hydrogen) atoms. The van der Waals surface area contributed by atoms with Crippen LogP contribution in [0.1, 0.15) is 36.6 Å². The average Bonchev–Trinajstić information content (AvgIpc) is 2.83. The van der Waals surface area contributed by atoms with Gasteiger partial charge in [-0.3, -0.25) is 0 Å². The van der Waals surface area contributed by atoms with E-state index in [2.05, 4.69) is 28.1 Å². The third-order valence-corrected chi connectivity index (χ3v) is 3.95. The number of rotatable bonds is 5. The quantitative estimate of drug-likeness (QED) is 0.762. The molecule has 0 amide bonds. The zero-order chi connectivity index (χ0) is 12.1. The van der Waals surface area contributed by atoms with Crippen LogP contribution in [0.4, 0.5) is 0 Å². The van der Waals surface area contributed by atoms with Crippen molar-refractivity contribution in [2.75, 3.05) is 13.2 Å². The van der Waals surface area contributed by atoms with E-state index < -0.39 is 0 Å². The van der Waals surface area contributed by atoms with Gasteiger partial charge in [-0.1, -0.05) is 28.1 Å². The first-order valence-corrected chi connectivity index (χ1v) is 7.19. The van der Waals surface area contributed by atoms with Gasteiger partial charge in [0.15, 0.2) is 0 Å². The van der Waals surface area contributed by atoms with Crippen LogP contribution < -0.4 is 4.74 Å². The van der Waals surface area contributed by atoms with Crippen LogP contribution >= 0.6 is 15.9 Å². The zero-order valence-corrected chi connectivity index (χ0v) is 11.8. The molecule has 0 aliphatic carbocycles. The summed E-state index contributed by atoms with van der Waals surface area (Å²) in [6, 6.07) is 8.31. The minimum absolute atomic E-state index is 0.376. The smallest absolute Gasteiger partial charge is 0.119 e. The highest BCUT2D eigenvalue weighted by atomic mass is 79.9. The van der Waals surface area contributed by atoms with Crippen molar-refractivity contribution < 1.29 is 9.47 Å². The number of halogens is 1. The SMILES string of the molecule is CCOc1ccc(C(Br)CC2CCCO2)cc1. The predicted octanol–water partition coefficient (Wildman–Crippen LogP) is 4.09. The fourth-order valence-electron chi connectivity index (χ4n) is 2.14. The summed E-state index contributed by atoms with van der Waals surface area (Å²) < 4.78 is 11.1. The van der Waals surface area contributed by atoms with Gasteiger partial charge in [-0.05, 0) is 43.9 Å². The maximum atomic E-state index is 5.65. The Morgan fingerprint density at radius 2 is 2.18 bits per heavy atom. The second kappa shape index (κ2) is 6.41. The largest absolute Gasteiger partial charge is 0.494 e. The monoisotopic (exact) mass is 298 g/mol. The van der Waals surface area contributed by atoms with E-state index in [0.29, 0.717) is 17.5 Å². The first kappa shape index (κ1) is 12.9. The highest BCUT2D eigenvalue weighted by Gasteiger charge is 2.20. The van der Waals surface area contributed by atoms with Crippen LogP contribution in [0.15, 0.2) is 24.3 Å². The van der Waals surface area contributed by atoms with E-state index in [9.17, 15) is 0 Å². The first-order chi connectivity index (χ1) is 8.29. The Bertz CT molecular complexity index is 331. The molecular weight excluding hydrogens is 280 g/mol. The van der Waals surface area contributed by atoms with Gasteiger partial charge in [0.25, 0.3) is 0 Å². The molecule has 2 atom stereocenters. The number of ether oxygens (including phenoxy) is 2. The maximum absolute atomic E-state index is 5.65. The van der Waals surface area contributed by atoms with Crippen LogP contribution in [0, 0.1) is 0 Å². The van der Waals surface area contributed by atoms with Crippen molar-refractivity contribution in [2.24, 2.45) is 0 Å². The number of alkyl halides is 1. The minimum Gasteiger partial charge on any atom is -0.494 e. The molecule has 94 valence electrons. The Morgan fingerprint density at radius 3 is 2.76 bits per heavy atom. The highest BCUT2D eigenvalue weighted by molar-refractivity contribution is 9.09. The topological polar surface area (TPSA) is 18.5 Å². The summed E-state index contributed by atoms with van der Waals surface area (Å²) in [6.07, 6.45) is 3.87. The van der Waals surface area contributed by atoms with Crippen molar-refractivity contribution in [2.45, 2.75) is 37.1 Å². The second-order valence-electron chi connectivity index (χ2n) is 4.34. The van der Waals surface area contributed by atoms with Crippen molar-refractivity contribution in [3.05, 3.63) is 29.8 Å². The number of benzene rings is 1. The summed E-state index contributed by atoms with van der Waals surface area (Å²) in [5, 5.41) is 0. The number of hydrogen-bond donors (Lipinski definition) is 0. The second-order valence-corrected chi connectivity index (χ2v) is 5.45. The third kappa shape index (κ3) is 3.71. The molecule has 0 bridgehead atoms. The van der Waals surface area contributed by atoms with Crippen LogP contribution in [0.5, 0.6) is 5.75 Å². The van der Waals surface area contributed by atoms with Crippen molar-refractivity contribution in [3.8, 4) is 5.75 Å². The lowest BCUT2D eigenvalue weighted by Gasteiger charge is -2.15. The molecule has 1 heterocycles. The zero-order valence-electron chi connectivity index (χ0n) is 10.2. The summed E-state index contributed by atoms with van der Waals surface area (Å²) in [5.74, 6) is 0.938. The van der Waals surface area contributed by atoms with Gasteiger partial charge in [0.05, 0.1) is 12.7 Å². The Hall–Kier alpha value is -0.540. The molecule has 2 unspecified atom stereocenters. The number of hydrogen-bond acceptors (Lipinski definition) is 2. The molecule has 0 spiro atoms. The Morgan fingerprint density at radius 1 is 1.41 bits per heavy atom. The molecule has 1 fully saturated rings. The lowest BCUT2D eigenvalue weighted by Crippen LogP contribution is -2.07. The fourth-order valence-corrected chi connectivity index (χ4v) is 2.86. The van der Waals surface area contributed by atoms with Crippen LogP contribution in [-0.4, -0.2) is 19.3 Å². The van der Waals surface area contributed by atoms with Crippen molar-refractivity contribution in [3.63, 3.8) is 0 Å². The Labute approximate surface area is 111 Å². The molecule has 1 aromatic carbocycles. The van der Waals surface area contributed by atoms with Gasteiger partial charge in [-0.25, -0.2) is 0 Å². The summed E-state index contributed by atoms with van der Waals surface area (Å²) in [7, 11) is 0. The first-order valence-electron chi connectivity index (χ1n) is 6.28. The van der Waals surface area contributed by atoms with Gasteiger partial charge in [0.1, 0.15) is 5.75 Å². The molecule has 2 rings (SSSR count). The van der Waals surface area contributed by atoms with E-state index in [4.69, 9.17) is 9.47 Å². The normalized spacial score (nSPS) is 21.4. The molecule has 1 aliphatic rings. The molecule has 0 N–H and O–H groups in total. The molecule has 1 saturated heterocycles. The summed E-state index contributed by atoms with van der Waals surface area (Å²) >= 11 is 3.74. The summed E-state index contributed by atoms with van der Waals surface area (Å²) in [6.45, 7) is 3.64. The van der Waals surface area contributed by atoms with Crippen molar-refractivity contribution in [1.82, 2.24) is 0 Å². The molecule has 2 nitrogen and oxygen atoms in total. The van der Waals surface area contributed by atoms with E-state index in [0.717, 1.165) is 18.8 Å². The van der Waals surface area contributed by atoms with E-state index >= 15 is 0 Å². The van der Waals surface area contributed by atoms with Crippen molar-refractivity contribution in [1.29, 1.82) is 0 Å². The molecule has 1 aromatic rings. The van der Waals surface area contributed by atoms with E-state index in [1.165, 1.54) is 18.4 Å². The standard InChI is InChI=1S/C14H19BrO2/c1-2-16-12-7-5-11(6-8-12)14(15)10-13-4-3-9-17-13/h5-8,13-14H,2-4,9-10H2,1H3.